The van der Waals surface area contributed by atoms with Crippen LogP contribution in [0.25, 0.3) is 10.8 Å². The van der Waals surface area contributed by atoms with Crippen LogP contribution >= 0.6 is 0 Å². The molecule has 0 aliphatic rings. The molecule has 236 valence electrons. The van der Waals surface area contributed by atoms with Crippen molar-refractivity contribution in [2.75, 3.05) is 17.7 Å². The quantitative estimate of drug-likeness (QED) is 0.167. The number of fused-ring (bicyclic) bond motifs is 1. The normalized spacial score (nSPS) is 11.5. The number of aliphatic carboxylic acids is 1. The molecule has 1 aromatic heterocycles. The summed E-state index contributed by atoms with van der Waals surface area (Å²) in [5.41, 5.74) is 8.84. The summed E-state index contributed by atoms with van der Waals surface area (Å²) >= 11 is 0. The minimum absolute atomic E-state index is 0.0269. The fourth-order valence-corrected chi connectivity index (χ4v) is 4.12. The molecular weight excluding hydrogens is 591 g/mol. The number of carbonyl (C=O) groups excluding carboxylic acids is 1. The van der Waals surface area contributed by atoms with Gasteiger partial charge in [-0.25, -0.2) is 9.78 Å². The maximum atomic E-state index is 13.6. The van der Waals surface area contributed by atoms with E-state index >= 15 is 0 Å². The number of benzene rings is 3. The minimum Gasteiger partial charge on any atom is -0.490 e. The van der Waals surface area contributed by atoms with Crippen LogP contribution in [0.5, 0.6) is 11.5 Å². The smallest absolute Gasteiger partial charge is 0.490 e. The van der Waals surface area contributed by atoms with Gasteiger partial charge in [-0.3, -0.25) is 4.79 Å². The van der Waals surface area contributed by atoms with Gasteiger partial charge < -0.3 is 30.9 Å². The monoisotopic (exact) mass is 623 g/mol. The number of hydrogen-bond acceptors (Lipinski definition) is 8. The van der Waals surface area contributed by atoms with E-state index in [9.17, 15) is 23.2 Å². The van der Waals surface area contributed by atoms with E-state index in [1.54, 1.807) is 24.4 Å². The number of ether oxygens (including phenoxy) is 2. The number of nitrogen functional groups attached to an aromatic ring is 1. The fraction of sp³-hybridized carbons (Fsp3) is 0.250. The molecule has 0 bridgehead atoms. The number of nitrogens with one attached hydrogen (secondary N) is 2. The van der Waals surface area contributed by atoms with E-state index in [0.29, 0.717) is 35.1 Å². The van der Waals surface area contributed by atoms with Crippen LogP contribution in [0.1, 0.15) is 43.5 Å². The van der Waals surface area contributed by atoms with Crippen LogP contribution in [0.3, 0.4) is 0 Å². The molecule has 0 saturated heterocycles. The zero-order valence-electron chi connectivity index (χ0n) is 24.7. The summed E-state index contributed by atoms with van der Waals surface area (Å²) < 4.78 is 43.5. The first-order valence-electron chi connectivity index (χ1n) is 13.7. The average Bonchev–Trinajstić information content (AvgIpc) is 2.99. The van der Waals surface area contributed by atoms with Crippen LogP contribution < -0.4 is 25.8 Å². The number of carboxylic acids is 1. The molecule has 3 aromatic carbocycles. The van der Waals surface area contributed by atoms with Crippen LogP contribution in [-0.2, 0) is 16.1 Å². The van der Waals surface area contributed by atoms with Crippen molar-refractivity contribution in [3.05, 3.63) is 89.6 Å². The van der Waals surface area contributed by atoms with E-state index in [-0.39, 0.29) is 18.6 Å². The zero-order chi connectivity index (χ0) is 33.1. The second-order valence-electron chi connectivity index (χ2n) is 9.85. The lowest BCUT2D eigenvalue weighted by atomic mass is 10.0. The molecule has 1 heterocycles. The maximum Gasteiger partial charge on any atom is 0.490 e. The van der Waals surface area contributed by atoms with Gasteiger partial charge in [0.05, 0.1) is 24.3 Å². The van der Waals surface area contributed by atoms with Crippen molar-refractivity contribution in [1.82, 2.24) is 10.3 Å². The second-order valence-corrected chi connectivity index (χ2v) is 9.85. The Morgan fingerprint density at radius 3 is 2.44 bits per heavy atom. The third kappa shape index (κ3) is 9.75. The number of amides is 1. The lowest BCUT2D eigenvalue weighted by Crippen LogP contribution is -2.33. The van der Waals surface area contributed by atoms with Crippen molar-refractivity contribution >= 4 is 34.2 Å². The summed E-state index contributed by atoms with van der Waals surface area (Å²) in [5, 5.41) is 24.4. The number of carbonyl (C=O) groups is 2. The Hall–Kier alpha value is -5.51. The van der Waals surface area contributed by atoms with Gasteiger partial charge in [-0.15, -0.1) is 0 Å². The molecule has 1 unspecified atom stereocenters. The Morgan fingerprint density at radius 2 is 1.80 bits per heavy atom. The molecule has 0 fully saturated rings. The third-order valence-electron chi connectivity index (χ3n) is 6.10. The molecule has 0 spiro atoms. The molecular formula is C32H32F3N5O5. The van der Waals surface area contributed by atoms with Crippen LogP contribution in [0.2, 0.25) is 0 Å². The first-order valence-corrected chi connectivity index (χ1v) is 13.7. The Bertz CT molecular complexity index is 1690. The van der Waals surface area contributed by atoms with Gasteiger partial charge in [-0.2, -0.15) is 18.4 Å². The number of nitriles is 1. The fourth-order valence-electron chi connectivity index (χ4n) is 4.12. The molecule has 1 amide bonds. The molecule has 0 aliphatic carbocycles. The predicted molar refractivity (Wildman–Crippen MR) is 163 cm³/mol. The van der Waals surface area contributed by atoms with Gasteiger partial charge in [0.1, 0.15) is 11.9 Å². The number of halogens is 3. The largest absolute Gasteiger partial charge is 0.490 e. The molecule has 0 radical (unpaired) electrons. The van der Waals surface area contributed by atoms with Crippen molar-refractivity contribution < 1.29 is 37.3 Å². The summed E-state index contributed by atoms with van der Waals surface area (Å²) in [6.07, 6.45) is -3.45. The van der Waals surface area contributed by atoms with Gasteiger partial charge in [-0.1, -0.05) is 18.2 Å². The molecule has 0 saturated carbocycles. The van der Waals surface area contributed by atoms with E-state index in [0.717, 1.165) is 22.0 Å². The summed E-state index contributed by atoms with van der Waals surface area (Å²) in [5.74, 6) is -1.36. The zero-order valence-corrected chi connectivity index (χ0v) is 24.7. The van der Waals surface area contributed by atoms with Crippen LogP contribution in [0.15, 0.2) is 72.9 Å². The summed E-state index contributed by atoms with van der Waals surface area (Å²) in [6.45, 7) is 6.53. The predicted octanol–water partition coefficient (Wildman–Crippen LogP) is 5.98. The van der Waals surface area contributed by atoms with Gasteiger partial charge >= 0.3 is 12.1 Å². The number of nitrogens with zero attached hydrogens (tertiary/aromatic N) is 2. The molecule has 13 heteroatoms. The molecule has 4 aromatic rings. The van der Waals surface area contributed by atoms with Gasteiger partial charge in [-0.05, 0) is 85.8 Å². The van der Waals surface area contributed by atoms with Crippen molar-refractivity contribution in [2.24, 2.45) is 0 Å². The number of pyridine rings is 1. The highest BCUT2D eigenvalue weighted by Gasteiger charge is 2.38. The molecule has 0 aliphatic heterocycles. The number of carboxylic acid groups (broad SMARTS) is 1. The average molecular weight is 624 g/mol. The van der Waals surface area contributed by atoms with Gasteiger partial charge in [0.15, 0.2) is 11.5 Å². The van der Waals surface area contributed by atoms with Crippen molar-refractivity contribution in [3.8, 4) is 17.6 Å². The number of nitrogens with two attached hydrogens (primary N) is 1. The van der Waals surface area contributed by atoms with E-state index in [2.05, 4.69) is 21.7 Å². The number of anilines is 2. The highest BCUT2D eigenvalue weighted by atomic mass is 19.4. The standard InChI is InChI=1S/C30H31N5O3.C2HF3O2/c1-4-37-27-16-23(8-11-26(27)38-19(2)3)28(30(36)34-18-21-7-5-6-20(14-21)17-31)35-24-9-10-25-22(15-24)12-13-33-29(25)32;3-2(4,5)1(6)7/h5-16,19,28,35H,4,18H2,1-3H3,(H2,32,33)(H,34,36);(H,6,7). The molecule has 45 heavy (non-hydrogen) atoms. The van der Waals surface area contributed by atoms with Crippen LogP contribution in [-0.4, -0.2) is 40.9 Å². The van der Waals surface area contributed by atoms with E-state index < -0.39 is 18.2 Å². The molecule has 5 N–H and O–H groups in total. The summed E-state index contributed by atoms with van der Waals surface area (Å²) in [7, 11) is 0. The topological polar surface area (TPSA) is 160 Å². The highest BCUT2D eigenvalue weighted by molar-refractivity contribution is 5.94. The Balaban J connectivity index is 0.000000707. The molecule has 1 atom stereocenters. The Morgan fingerprint density at radius 1 is 1.07 bits per heavy atom. The molecule has 4 rings (SSSR count). The first kappa shape index (κ1) is 34.0. The number of alkyl halides is 3. The Labute approximate surface area is 257 Å². The minimum atomic E-state index is -5.08. The van der Waals surface area contributed by atoms with Gasteiger partial charge in [0, 0.05) is 23.8 Å². The van der Waals surface area contributed by atoms with E-state index in [1.807, 2.05) is 69.3 Å². The second kappa shape index (κ2) is 15.3. The lowest BCUT2D eigenvalue weighted by molar-refractivity contribution is -0.192. The first-order chi connectivity index (χ1) is 21.3. The van der Waals surface area contributed by atoms with Gasteiger partial charge in [0.25, 0.3) is 0 Å². The van der Waals surface area contributed by atoms with E-state index in [1.165, 1.54) is 0 Å². The maximum absolute atomic E-state index is 13.6. The van der Waals surface area contributed by atoms with Crippen molar-refractivity contribution in [3.63, 3.8) is 0 Å². The lowest BCUT2D eigenvalue weighted by Gasteiger charge is -2.22. The van der Waals surface area contributed by atoms with E-state index in [4.69, 9.17) is 25.1 Å². The summed E-state index contributed by atoms with van der Waals surface area (Å²) in [4.78, 5) is 26.6. The van der Waals surface area contributed by atoms with Crippen molar-refractivity contribution in [2.45, 2.75) is 45.6 Å². The third-order valence-corrected chi connectivity index (χ3v) is 6.10. The highest BCUT2D eigenvalue weighted by Crippen LogP contribution is 2.33. The number of hydrogen-bond donors (Lipinski definition) is 4. The number of rotatable bonds is 10. The Kier molecular flexibility index (Phi) is 11.5. The number of aromatic nitrogens is 1. The SMILES string of the molecule is CCOc1cc(C(Nc2ccc3c(N)nccc3c2)C(=O)NCc2cccc(C#N)c2)ccc1OC(C)C.O=C(O)C(F)(F)F. The van der Waals surface area contributed by atoms with Crippen molar-refractivity contribution in [1.29, 1.82) is 5.26 Å². The van der Waals surface area contributed by atoms with Crippen LogP contribution in [0.4, 0.5) is 24.7 Å². The van der Waals surface area contributed by atoms with Crippen LogP contribution in [0, 0.1) is 11.3 Å². The summed E-state index contributed by atoms with van der Waals surface area (Å²) in [6, 6.07) is 21.6. The van der Waals surface area contributed by atoms with Gasteiger partial charge in [0.2, 0.25) is 5.91 Å². The molecule has 10 nitrogen and oxygen atoms in total.